The molecular formula is C17H16BrNO3. The van der Waals surface area contributed by atoms with E-state index in [2.05, 4.69) is 20.9 Å². The van der Waals surface area contributed by atoms with Crippen molar-refractivity contribution < 1.29 is 14.3 Å². The van der Waals surface area contributed by atoms with Crippen LogP contribution in [-0.2, 0) is 4.74 Å². The van der Waals surface area contributed by atoms with E-state index in [1.807, 2.05) is 24.3 Å². The minimum Gasteiger partial charge on any atom is -0.481 e. The van der Waals surface area contributed by atoms with E-state index in [4.69, 9.17) is 9.47 Å². The van der Waals surface area contributed by atoms with Gasteiger partial charge in [0.05, 0.1) is 12.7 Å². The second kappa shape index (κ2) is 6.48. The lowest BCUT2D eigenvalue weighted by atomic mass is 10.1. The van der Waals surface area contributed by atoms with Crippen LogP contribution in [0.1, 0.15) is 34.9 Å². The van der Waals surface area contributed by atoms with Crippen molar-refractivity contribution in [1.82, 2.24) is 4.98 Å². The maximum absolute atomic E-state index is 12.3. The molecule has 0 aliphatic heterocycles. The highest BCUT2D eigenvalue weighted by Gasteiger charge is 2.35. The molecule has 0 amide bonds. The number of carbonyl (C=O) groups is 1. The maximum Gasteiger partial charge on any atom is 0.340 e. The van der Waals surface area contributed by atoms with E-state index in [0.29, 0.717) is 17.4 Å². The molecule has 1 fully saturated rings. The minimum absolute atomic E-state index is 0.192. The zero-order chi connectivity index (χ0) is 15.5. The first kappa shape index (κ1) is 15.0. The third kappa shape index (κ3) is 3.47. The molecule has 0 saturated heterocycles. The van der Waals surface area contributed by atoms with E-state index in [1.54, 1.807) is 12.1 Å². The smallest absolute Gasteiger partial charge is 0.340 e. The first-order valence-corrected chi connectivity index (χ1v) is 7.93. The van der Waals surface area contributed by atoms with Crippen molar-refractivity contribution in [3.63, 3.8) is 0 Å². The Morgan fingerprint density at radius 3 is 2.50 bits per heavy atom. The Morgan fingerprint density at radius 2 is 1.95 bits per heavy atom. The lowest BCUT2D eigenvalue weighted by molar-refractivity contribution is 0.0241. The summed E-state index contributed by atoms with van der Waals surface area (Å²) in [5.41, 5.74) is 1.46. The summed E-state index contributed by atoms with van der Waals surface area (Å²) in [6.07, 6.45) is 3.47. The maximum atomic E-state index is 12.3. The van der Waals surface area contributed by atoms with Crippen LogP contribution in [0, 0.1) is 5.92 Å². The fourth-order valence-electron chi connectivity index (χ4n) is 2.29. The quantitative estimate of drug-likeness (QED) is 0.750. The molecule has 1 saturated carbocycles. The van der Waals surface area contributed by atoms with Gasteiger partial charge >= 0.3 is 5.97 Å². The summed E-state index contributed by atoms with van der Waals surface area (Å²) in [6, 6.07) is 11.2. The Labute approximate surface area is 137 Å². The van der Waals surface area contributed by atoms with Gasteiger partial charge in [0.25, 0.3) is 0 Å². The van der Waals surface area contributed by atoms with E-state index in [-0.39, 0.29) is 12.1 Å². The highest BCUT2D eigenvalue weighted by Crippen LogP contribution is 2.43. The number of benzene rings is 1. The lowest BCUT2D eigenvalue weighted by Crippen LogP contribution is -2.13. The van der Waals surface area contributed by atoms with Crippen molar-refractivity contribution in [2.75, 3.05) is 7.11 Å². The molecule has 0 unspecified atom stereocenters. The number of hydrogen-bond donors (Lipinski definition) is 0. The third-order valence-corrected chi connectivity index (χ3v) is 4.19. The third-order valence-electron chi connectivity index (χ3n) is 3.66. The number of ether oxygens (including phenoxy) is 2. The highest BCUT2D eigenvalue weighted by atomic mass is 79.9. The van der Waals surface area contributed by atoms with Gasteiger partial charge in [-0.2, -0.15) is 0 Å². The summed E-state index contributed by atoms with van der Waals surface area (Å²) in [4.78, 5) is 16.4. The molecule has 114 valence electrons. The molecule has 0 bridgehead atoms. The lowest BCUT2D eigenvalue weighted by Gasteiger charge is -2.18. The fourth-order valence-corrected chi connectivity index (χ4v) is 2.56. The van der Waals surface area contributed by atoms with Crippen LogP contribution in [0.3, 0.4) is 0 Å². The van der Waals surface area contributed by atoms with Gasteiger partial charge in [-0.15, -0.1) is 0 Å². The number of halogens is 1. The van der Waals surface area contributed by atoms with E-state index >= 15 is 0 Å². The van der Waals surface area contributed by atoms with Crippen LogP contribution in [0.25, 0.3) is 0 Å². The monoisotopic (exact) mass is 361 g/mol. The minimum atomic E-state index is -0.352. The molecule has 0 spiro atoms. The number of nitrogens with zero attached hydrogens (tertiary/aromatic N) is 1. The number of esters is 1. The van der Waals surface area contributed by atoms with Gasteiger partial charge in [0.2, 0.25) is 5.88 Å². The Kier molecular flexibility index (Phi) is 4.43. The Hall–Kier alpha value is -1.88. The van der Waals surface area contributed by atoms with Gasteiger partial charge in [0.15, 0.2) is 0 Å². The number of pyridine rings is 1. The first-order valence-electron chi connectivity index (χ1n) is 7.14. The van der Waals surface area contributed by atoms with Gasteiger partial charge in [-0.25, -0.2) is 9.78 Å². The molecule has 22 heavy (non-hydrogen) atoms. The molecule has 1 aliphatic rings. The number of carbonyl (C=O) groups excluding carboxylic acids is 1. The Bertz CT molecular complexity index is 651. The first-order chi connectivity index (χ1) is 10.7. The molecule has 1 aromatic carbocycles. The van der Waals surface area contributed by atoms with Crippen molar-refractivity contribution in [3.05, 3.63) is 58.2 Å². The standard InChI is InChI=1S/C17H16BrNO3/c1-21-15-9-6-13(10-19-15)17(20)22-16(11-2-3-11)12-4-7-14(18)8-5-12/h4-11,16H,2-3H2,1H3/t16-/m1/s1. The molecule has 3 rings (SSSR count). The van der Waals surface area contributed by atoms with Crippen molar-refractivity contribution >= 4 is 21.9 Å². The molecule has 5 heteroatoms. The molecule has 2 aromatic rings. The normalized spacial score (nSPS) is 15.2. The predicted molar refractivity (Wildman–Crippen MR) is 85.8 cm³/mol. The zero-order valence-electron chi connectivity index (χ0n) is 12.2. The number of hydrogen-bond acceptors (Lipinski definition) is 4. The van der Waals surface area contributed by atoms with Crippen molar-refractivity contribution in [2.45, 2.75) is 18.9 Å². The van der Waals surface area contributed by atoms with Gasteiger partial charge in [-0.05, 0) is 36.6 Å². The topological polar surface area (TPSA) is 48.4 Å². The van der Waals surface area contributed by atoms with Crippen molar-refractivity contribution in [1.29, 1.82) is 0 Å². The SMILES string of the molecule is COc1ccc(C(=O)O[C@@H](c2ccc(Br)cc2)C2CC2)cn1. The summed E-state index contributed by atoms with van der Waals surface area (Å²) in [6.45, 7) is 0. The summed E-state index contributed by atoms with van der Waals surface area (Å²) in [5, 5.41) is 0. The van der Waals surface area contributed by atoms with E-state index in [0.717, 1.165) is 22.9 Å². The fraction of sp³-hybridized carbons (Fsp3) is 0.294. The molecule has 1 heterocycles. The average Bonchev–Trinajstić information content (AvgIpc) is 3.38. The summed E-state index contributed by atoms with van der Waals surface area (Å²) in [7, 11) is 1.54. The molecule has 1 aromatic heterocycles. The van der Waals surface area contributed by atoms with Crippen LogP contribution in [0.5, 0.6) is 5.88 Å². The second-order valence-corrected chi connectivity index (χ2v) is 6.22. The summed E-state index contributed by atoms with van der Waals surface area (Å²) >= 11 is 3.42. The van der Waals surface area contributed by atoms with Crippen LogP contribution < -0.4 is 4.74 Å². The van der Waals surface area contributed by atoms with Gasteiger partial charge in [0.1, 0.15) is 6.10 Å². The zero-order valence-corrected chi connectivity index (χ0v) is 13.7. The highest BCUT2D eigenvalue weighted by molar-refractivity contribution is 9.10. The Balaban J connectivity index is 1.75. The molecular weight excluding hydrogens is 346 g/mol. The predicted octanol–water partition coefficient (Wildman–Crippen LogP) is 4.16. The van der Waals surface area contributed by atoms with Crippen LogP contribution in [-0.4, -0.2) is 18.1 Å². The second-order valence-electron chi connectivity index (χ2n) is 5.30. The van der Waals surface area contributed by atoms with Gasteiger partial charge in [0, 0.05) is 22.7 Å². The number of methoxy groups -OCH3 is 1. The van der Waals surface area contributed by atoms with Crippen molar-refractivity contribution in [2.24, 2.45) is 5.92 Å². The van der Waals surface area contributed by atoms with E-state index in [9.17, 15) is 4.79 Å². The van der Waals surface area contributed by atoms with Gasteiger partial charge in [-0.3, -0.25) is 0 Å². The molecule has 1 atom stereocenters. The molecule has 0 N–H and O–H groups in total. The Morgan fingerprint density at radius 1 is 1.23 bits per heavy atom. The number of aromatic nitrogens is 1. The molecule has 4 nitrogen and oxygen atoms in total. The van der Waals surface area contributed by atoms with E-state index < -0.39 is 0 Å². The average molecular weight is 362 g/mol. The largest absolute Gasteiger partial charge is 0.481 e. The van der Waals surface area contributed by atoms with Crippen LogP contribution in [0.2, 0.25) is 0 Å². The van der Waals surface area contributed by atoms with Crippen LogP contribution in [0.15, 0.2) is 47.1 Å². The van der Waals surface area contributed by atoms with Gasteiger partial charge in [-0.1, -0.05) is 28.1 Å². The summed E-state index contributed by atoms with van der Waals surface area (Å²) in [5.74, 6) is 0.537. The molecule has 1 aliphatic carbocycles. The van der Waals surface area contributed by atoms with E-state index in [1.165, 1.54) is 13.3 Å². The summed E-state index contributed by atoms with van der Waals surface area (Å²) < 4.78 is 11.7. The van der Waals surface area contributed by atoms with Crippen LogP contribution >= 0.6 is 15.9 Å². The van der Waals surface area contributed by atoms with Crippen molar-refractivity contribution in [3.8, 4) is 5.88 Å². The molecule has 0 radical (unpaired) electrons. The van der Waals surface area contributed by atoms with Gasteiger partial charge < -0.3 is 9.47 Å². The van der Waals surface area contributed by atoms with Crippen LogP contribution in [0.4, 0.5) is 0 Å². The number of rotatable bonds is 5.